The van der Waals surface area contributed by atoms with Gasteiger partial charge in [0.1, 0.15) is 18.5 Å². The third kappa shape index (κ3) is 6.60. The number of aliphatic hydroxyl groups excluding tert-OH is 3. The molecule has 1 aliphatic carbocycles. The van der Waals surface area contributed by atoms with E-state index in [1.165, 1.54) is 0 Å². The molecule has 1 aromatic rings. The van der Waals surface area contributed by atoms with Crippen molar-refractivity contribution in [3.63, 3.8) is 0 Å². The number of rotatable bonds is 10. The Balaban J connectivity index is 1.91. The van der Waals surface area contributed by atoms with Gasteiger partial charge < -0.3 is 35.9 Å². The van der Waals surface area contributed by atoms with E-state index in [0.29, 0.717) is 36.5 Å². The number of hydroxylamine groups is 3. The molecule has 0 amide bonds. The van der Waals surface area contributed by atoms with E-state index in [2.05, 4.69) is 10.3 Å². The van der Waals surface area contributed by atoms with Gasteiger partial charge in [-0.25, -0.2) is 4.99 Å². The van der Waals surface area contributed by atoms with Crippen LogP contribution in [0, 0.1) is 10.6 Å². The van der Waals surface area contributed by atoms with Gasteiger partial charge in [-0.1, -0.05) is 0 Å². The quantitative estimate of drug-likeness (QED) is 0.169. The molecule has 2 unspecified atom stereocenters. The summed E-state index contributed by atoms with van der Waals surface area (Å²) in [6, 6.07) is 7.34. The monoisotopic (exact) mass is 424 g/mol. The molecular formula is C20H29ClN4O4. The molecule has 1 aromatic carbocycles. The highest BCUT2D eigenvalue weighted by molar-refractivity contribution is 6.56. The number of nitrogens with one attached hydrogen (secondary N) is 2. The maximum Gasteiger partial charge on any atom is 0.107 e. The van der Waals surface area contributed by atoms with Gasteiger partial charge in [-0.2, -0.15) is 0 Å². The van der Waals surface area contributed by atoms with Crippen molar-refractivity contribution in [3.8, 4) is 0 Å². The van der Waals surface area contributed by atoms with Gasteiger partial charge in [0.2, 0.25) is 0 Å². The van der Waals surface area contributed by atoms with Crippen LogP contribution in [0.3, 0.4) is 0 Å². The largest absolute Gasteiger partial charge is 0.633 e. The van der Waals surface area contributed by atoms with Crippen LogP contribution in [0.5, 0.6) is 0 Å². The third-order valence-corrected chi connectivity index (χ3v) is 5.32. The first-order valence-electron chi connectivity index (χ1n) is 9.60. The number of benzene rings is 1. The normalized spacial score (nSPS) is 21.4. The van der Waals surface area contributed by atoms with E-state index in [9.17, 15) is 10.3 Å². The van der Waals surface area contributed by atoms with E-state index in [4.69, 9.17) is 27.2 Å². The molecule has 160 valence electrons. The van der Waals surface area contributed by atoms with Crippen LogP contribution in [-0.4, -0.2) is 82.3 Å². The van der Waals surface area contributed by atoms with Crippen LogP contribution in [-0.2, 0) is 0 Å². The van der Waals surface area contributed by atoms with Crippen LogP contribution >= 0.6 is 11.6 Å². The molecule has 0 fully saturated rings. The van der Waals surface area contributed by atoms with Gasteiger partial charge in [-0.3, -0.25) is 0 Å². The Morgan fingerprint density at radius 3 is 2.38 bits per heavy atom. The van der Waals surface area contributed by atoms with Crippen molar-refractivity contribution in [2.75, 3.05) is 44.7 Å². The fourth-order valence-corrected chi connectivity index (χ4v) is 3.40. The molecular weight excluding hydrogens is 396 g/mol. The molecule has 1 aliphatic rings. The van der Waals surface area contributed by atoms with Crippen molar-refractivity contribution in [1.29, 1.82) is 5.41 Å². The second-order valence-electron chi connectivity index (χ2n) is 7.15. The Morgan fingerprint density at radius 1 is 1.17 bits per heavy atom. The van der Waals surface area contributed by atoms with Crippen LogP contribution in [0.25, 0.3) is 0 Å². The summed E-state index contributed by atoms with van der Waals surface area (Å²) < 4.78 is -0.597. The van der Waals surface area contributed by atoms with Gasteiger partial charge in [-0.15, -0.1) is 11.6 Å². The number of hydrogen-bond acceptors (Lipinski definition) is 7. The van der Waals surface area contributed by atoms with Crippen molar-refractivity contribution in [2.24, 2.45) is 4.99 Å². The zero-order chi connectivity index (χ0) is 21.4. The first-order chi connectivity index (χ1) is 13.8. The molecule has 2 atom stereocenters. The summed E-state index contributed by atoms with van der Waals surface area (Å²) in [5.41, 5.74) is 2.75. The second kappa shape index (κ2) is 10.8. The summed E-state index contributed by atoms with van der Waals surface area (Å²) in [5, 5.41) is 50.8. The van der Waals surface area contributed by atoms with E-state index < -0.39 is 16.1 Å². The van der Waals surface area contributed by atoms with Gasteiger partial charge in [0.15, 0.2) is 0 Å². The number of quaternary nitrogens is 1. The maximum atomic E-state index is 12.4. The predicted molar refractivity (Wildman–Crippen MR) is 116 cm³/mol. The molecule has 29 heavy (non-hydrogen) atoms. The Morgan fingerprint density at radius 2 is 1.79 bits per heavy atom. The Hall–Kier alpha value is -1.81. The molecule has 0 aromatic heterocycles. The minimum atomic E-state index is -0.865. The lowest BCUT2D eigenvalue weighted by atomic mass is 9.94. The fourth-order valence-electron chi connectivity index (χ4n) is 3.09. The first kappa shape index (κ1) is 23.5. The molecule has 9 heteroatoms. The smallest absolute Gasteiger partial charge is 0.107 e. The summed E-state index contributed by atoms with van der Waals surface area (Å²) >= 11 is 6.08. The van der Waals surface area contributed by atoms with Crippen molar-refractivity contribution < 1.29 is 20.0 Å². The fraction of sp³-hybridized carbons (Fsp3) is 0.500. The van der Waals surface area contributed by atoms with Crippen molar-refractivity contribution in [2.45, 2.75) is 24.8 Å². The van der Waals surface area contributed by atoms with E-state index in [1.54, 1.807) is 13.0 Å². The summed E-state index contributed by atoms with van der Waals surface area (Å²) in [7, 11) is 0. The number of hydrogen-bond donors (Lipinski definition) is 5. The molecule has 8 nitrogen and oxygen atoms in total. The zero-order valence-electron chi connectivity index (χ0n) is 16.5. The lowest BCUT2D eigenvalue weighted by Crippen LogP contribution is -2.47. The molecule has 0 radical (unpaired) electrons. The highest BCUT2D eigenvalue weighted by Crippen LogP contribution is 2.23. The lowest BCUT2D eigenvalue weighted by Gasteiger charge is -2.42. The number of halogens is 1. The highest BCUT2D eigenvalue weighted by atomic mass is 35.5. The van der Waals surface area contributed by atoms with Gasteiger partial charge in [0, 0.05) is 18.7 Å². The summed E-state index contributed by atoms with van der Waals surface area (Å²) in [4.78, 5) is 4.45. The standard InChI is InChI=1S/C20H29ClN4O4/c1-14-13-17(19(22)18(21)20(14)28)24-16-5-3-15(4-6-16)23-7-2-8-25(29,9-11-26)10-12-27/h3-6,13,18,20,22-23,26-28H,2,7-12H2,1H3. The van der Waals surface area contributed by atoms with Crippen molar-refractivity contribution in [3.05, 3.63) is 41.1 Å². The Bertz CT molecular complexity index is 745. The Kier molecular flexibility index (Phi) is 8.76. The number of allylic oxidation sites excluding steroid dienone is 1. The molecule has 5 N–H and O–H groups in total. The molecule has 0 saturated heterocycles. The van der Waals surface area contributed by atoms with Gasteiger partial charge in [0.25, 0.3) is 0 Å². The number of anilines is 1. The van der Waals surface area contributed by atoms with Crippen LogP contribution < -0.4 is 5.32 Å². The minimum absolute atomic E-state index is 0.0821. The number of aliphatic hydroxyl groups is 3. The average molecular weight is 425 g/mol. The predicted octanol–water partition coefficient (Wildman–Crippen LogP) is 1.81. The lowest BCUT2D eigenvalue weighted by molar-refractivity contribution is -0.881. The second-order valence-corrected chi connectivity index (χ2v) is 7.62. The Labute approximate surface area is 175 Å². The highest BCUT2D eigenvalue weighted by Gasteiger charge is 2.29. The van der Waals surface area contributed by atoms with Crippen LogP contribution in [0.15, 0.2) is 40.9 Å². The van der Waals surface area contributed by atoms with Crippen LogP contribution in [0.1, 0.15) is 13.3 Å². The molecule has 2 rings (SSSR count). The van der Waals surface area contributed by atoms with Gasteiger partial charge >= 0.3 is 0 Å². The zero-order valence-corrected chi connectivity index (χ0v) is 17.3. The molecule has 0 bridgehead atoms. The summed E-state index contributed by atoms with van der Waals surface area (Å²) in [5.74, 6) is 0. The van der Waals surface area contributed by atoms with E-state index in [-0.39, 0.29) is 32.0 Å². The van der Waals surface area contributed by atoms with E-state index in [0.717, 1.165) is 5.69 Å². The van der Waals surface area contributed by atoms with Crippen LogP contribution in [0.2, 0.25) is 0 Å². The molecule has 0 heterocycles. The molecule has 0 spiro atoms. The maximum absolute atomic E-state index is 12.4. The molecule has 0 saturated carbocycles. The SMILES string of the molecule is CC1=CC(=Nc2ccc(NCCC[N+]([O-])(CCO)CCO)cc2)C(=N)C(Cl)C1O. The number of aliphatic imine (C=N–C) groups is 1. The minimum Gasteiger partial charge on any atom is -0.633 e. The third-order valence-electron chi connectivity index (χ3n) is 4.86. The van der Waals surface area contributed by atoms with Gasteiger partial charge in [-0.05, 0) is 42.8 Å². The number of alkyl halides is 1. The van der Waals surface area contributed by atoms with Gasteiger partial charge in [0.05, 0.1) is 43.0 Å². The van der Waals surface area contributed by atoms with E-state index >= 15 is 0 Å². The van der Waals surface area contributed by atoms with Crippen molar-refractivity contribution >= 4 is 34.4 Å². The van der Waals surface area contributed by atoms with Crippen LogP contribution in [0.4, 0.5) is 11.4 Å². The first-order valence-corrected chi connectivity index (χ1v) is 10.0. The molecule has 0 aliphatic heterocycles. The topological polar surface area (TPSA) is 132 Å². The van der Waals surface area contributed by atoms with Crippen molar-refractivity contribution in [1.82, 2.24) is 0 Å². The average Bonchev–Trinajstić information content (AvgIpc) is 2.69. The number of nitrogens with zero attached hydrogens (tertiary/aromatic N) is 2. The summed E-state index contributed by atoms with van der Waals surface area (Å²) in [6.45, 7) is 2.43. The van der Waals surface area contributed by atoms with E-state index in [1.807, 2.05) is 24.3 Å². The summed E-state index contributed by atoms with van der Waals surface area (Å²) in [6.07, 6.45) is 1.41.